The van der Waals surface area contributed by atoms with Crippen molar-refractivity contribution in [2.75, 3.05) is 0 Å². The molecule has 0 aromatic carbocycles. The van der Waals surface area contributed by atoms with Crippen LogP contribution in [0.25, 0.3) is 0 Å². The average Bonchev–Trinajstić information content (AvgIpc) is 2.96. The van der Waals surface area contributed by atoms with Crippen LogP contribution in [0.3, 0.4) is 0 Å². The van der Waals surface area contributed by atoms with Gasteiger partial charge in [0.1, 0.15) is 6.04 Å². The molecule has 0 radical (unpaired) electrons. The number of rotatable bonds is 2. The van der Waals surface area contributed by atoms with E-state index in [2.05, 4.69) is 10.4 Å². The van der Waals surface area contributed by atoms with Crippen LogP contribution in [0.15, 0.2) is 29.1 Å². The van der Waals surface area contributed by atoms with Gasteiger partial charge in [0.15, 0.2) is 5.15 Å². The second-order valence-corrected chi connectivity index (χ2v) is 4.32. The number of hydrogen-bond donors (Lipinski definition) is 1. The number of nitrogens with zero attached hydrogens (tertiary/aromatic N) is 3. The lowest BCUT2D eigenvalue weighted by atomic mass is 10.2. The predicted molar refractivity (Wildman–Crippen MR) is 63.8 cm³/mol. The van der Waals surface area contributed by atoms with Gasteiger partial charge in [-0.2, -0.15) is 26.4 Å². The van der Waals surface area contributed by atoms with E-state index < -0.39 is 12.1 Å². The Labute approximate surface area is 106 Å². The SMILES string of the molecule is N#CC(NC(=O)n1ccc(Cl)n1)c1ccsc1. The number of nitriles is 1. The molecule has 5 nitrogen and oxygen atoms in total. The normalized spacial score (nSPS) is 11.8. The number of hydrogen-bond acceptors (Lipinski definition) is 4. The van der Waals surface area contributed by atoms with Crippen LogP contribution >= 0.6 is 22.9 Å². The van der Waals surface area contributed by atoms with Gasteiger partial charge in [0.25, 0.3) is 0 Å². The van der Waals surface area contributed by atoms with E-state index in [0.717, 1.165) is 10.2 Å². The number of thiophene rings is 1. The monoisotopic (exact) mass is 266 g/mol. The molecule has 0 bridgehead atoms. The molecule has 0 spiro atoms. The zero-order valence-electron chi connectivity index (χ0n) is 8.50. The Morgan fingerprint density at radius 3 is 3.00 bits per heavy atom. The Morgan fingerprint density at radius 1 is 1.65 bits per heavy atom. The van der Waals surface area contributed by atoms with Crippen LogP contribution in [0.2, 0.25) is 5.15 Å². The van der Waals surface area contributed by atoms with E-state index in [1.807, 2.05) is 16.8 Å². The molecular formula is C10H7ClN4OS. The summed E-state index contributed by atoms with van der Waals surface area (Å²) in [5.41, 5.74) is 0.754. The van der Waals surface area contributed by atoms with E-state index in [-0.39, 0.29) is 5.15 Å². The Hall–Kier alpha value is -1.84. The van der Waals surface area contributed by atoms with Gasteiger partial charge >= 0.3 is 6.03 Å². The molecule has 0 fully saturated rings. The predicted octanol–water partition coefficient (Wildman–Crippen LogP) is 2.42. The fourth-order valence-electron chi connectivity index (χ4n) is 1.23. The summed E-state index contributed by atoms with van der Waals surface area (Å²) in [5, 5.41) is 19.2. The summed E-state index contributed by atoms with van der Waals surface area (Å²) in [6, 6.07) is 4.12. The molecule has 0 aliphatic rings. The van der Waals surface area contributed by atoms with Crippen LogP contribution in [-0.4, -0.2) is 15.8 Å². The van der Waals surface area contributed by atoms with Crippen LogP contribution in [0.4, 0.5) is 4.79 Å². The topological polar surface area (TPSA) is 70.7 Å². The molecule has 1 N–H and O–H groups in total. The van der Waals surface area contributed by atoms with Crippen LogP contribution in [-0.2, 0) is 0 Å². The molecule has 17 heavy (non-hydrogen) atoms. The molecule has 2 aromatic rings. The summed E-state index contributed by atoms with van der Waals surface area (Å²) >= 11 is 7.06. The highest BCUT2D eigenvalue weighted by atomic mass is 35.5. The van der Waals surface area contributed by atoms with Crippen molar-refractivity contribution in [2.45, 2.75) is 6.04 Å². The Kier molecular flexibility index (Phi) is 3.42. The lowest BCUT2D eigenvalue weighted by Gasteiger charge is -2.09. The highest BCUT2D eigenvalue weighted by Gasteiger charge is 2.15. The summed E-state index contributed by atoms with van der Waals surface area (Å²) < 4.78 is 1.05. The van der Waals surface area contributed by atoms with Crippen molar-refractivity contribution in [3.8, 4) is 6.07 Å². The first-order valence-corrected chi connectivity index (χ1v) is 5.96. The van der Waals surface area contributed by atoms with Crippen molar-refractivity contribution in [1.29, 1.82) is 5.26 Å². The summed E-state index contributed by atoms with van der Waals surface area (Å²) in [4.78, 5) is 11.7. The molecule has 1 amide bonds. The van der Waals surface area contributed by atoms with Gasteiger partial charge in [-0.15, -0.1) is 0 Å². The van der Waals surface area contributed by atoms with Gasteiger partial charge in [0, 0.05) is 6.20 Å². The maximum absolute atomic E-state index is 11.7. The first kappa shape index (κ1) is 11.6. The van der Waals surface area contributed by atoms with Gasteiger partial charge in [0.05, 0.1) is 6.07 Å². The Bertz CT molecular complexity index is 557. The maximum atomic E-state index is 11.7. The van der Waals surface area contributed by atoms with E-state index in [4.69, 9.17) is 16.9 Å². The second-order valence-electron chi connectivity index (χ2n) is 3.15. The third-order valence-corrected chi connectivity index (χ3v) is 2.94. The summed E-state index contributed by atoms with van der Waals surface area (Å²) in [5.74, 6) is 0. The van der Waals surface area contributed by atoms with Crippen molar-refractivity contribution in [2.24, 2.45) is 0 Å². The molecule has 1 unspecified atom stereocenters. The number of nitrogens with one attached hydrogen (secondary N) is 1. The summed E-state index contributed by atoms with van der Waals surface area (Å²) in [7, 11) is 0. The van der Waals surface area contributed by atoms with Gasteiger partial charge in [-0.1, -0.05) is 11.6 Å². The zero-order chi connectivity index (χ0) is 12.3. The van der Waals surface area contributed by atoms with E-state index in [1.54, 1.807) is 6.07 Å². The molecule has 0 saturated heterocycles. The second kappa shape index (κ2) is 4.99. The Balaban J connectivity index is 2.10. The third kappa shape index (κ3) is 2.64. The van der Waals surface area contributed by atoms with Crippen molar-refractivity contribution in [1.82, 2.24) is 15.1 Å². The van der Waals surface area contributed by atoms with Crippen molar-refractivity contribution in [3.63, 3.8) is 0 Å². The van der Waals surface area contributed by atoms with E-state index >= 15 is 0 Å². The quantitative estimate of drug-likeness (QED) is 0.907. The van der Waals surface area contributed by atoms with Crippen molar-refractivity contribution >= 4 is 29.0 Å². The fraction of sp³-hybridized carbons (Fsp3) is 0.100. The minimum atomic E-state index is -0.684. The van der Waals surface area contributed by atoms with E-state index in [0.29, 0.717) is 0 Å². The van der Waals surface area contributed by atoms with Gasteiger partial charge in [-0.3, -0.25) is 0 Å². The molecular weight excluding hydrogens is 260 g/mol. The summed E-state index contributed by atoms with van der Waals surface area (Å²) in [6.45, 7) is 0. The molecule has 2 heterocycles. The van der Waals surface area contributed by atoms with E-state index in [9.17, 15) is 4.79 Å². The van der Waals surface area contributed by atoms with Crippen LogP contribution in [0.5, 0.6) is 0 Å². The molecule has 0 saturated carbocycles. The Morgan fingerprint density at radius 2 is 2.47 bits per heavy atom. The van der Waals surface area contributed by atoms with Gasteiger partial charge in [-0.05, 0) is 28.5 Å². The van der Waals surface area contributed by atoms with Crippen molar-refractivity contribution < 1.29 is 4.79 Å². The van der Waals surface area contributed by atoms with Crippen LogP contribution in [0.1, 0.15) is 11.6 Å². The maximum Gasteiger partial charge on any atom is 0.343 e. The first-order valence-electron chi connectivity index (χ1n) is 4.64. The highest BCUT2D eigenvalue weighted by molar-refractivity contribution is 7.08. The lowest BCUT2D eigenvalue weighted by Crippen LogP contribution is -2.31. The number of amides is 1. The minimum absolute atomic E-state index is 0.226. The average molecular weight is 267 g/mol. The number of carbonyl (C=O) groups is 1. The molecule has 2 aromatic heterocycles. The van der Waals surface area contributed by atoms with Gasteiger partial charge in [0.2, 0.25) is 0 Å². The van der Waals surface area contributed by atoms with Crippen molar-refractivity contribution in [3.05, 3.63) is 39.8 Å². The first-order chi connectivity index (χ1) is 8.20. The van der Waals surface area contributed by atoms with Crippen LogP contribution < -0.4 is 5.32 Å². The smallest absolute Gasteiger partial charge is 0.316 e. The molecule has 2 rings (SSSR count). The highest BCUT2D eigenvalue weighted by Crippen LogP contribution is 2.15. The number of halogens is 1. The molecule has 0 aliphatic heterocycles. The number of carbonyl (C=O) groups excluding carboxylic acids is 1. The van der Waals surface area contributed by atoms with Gasteiger partial charge in [-0.25, -0.2) is 4.79 Å². The lowest BCUT2D eigenvalue weighted by molar-refractivity contribution is 0.238. The molecule has 7 heteroatoms. The standard InChI is InChI=1S/C10H7ClN4OS/c11-9-1-3-15(14-9)10(16)13-8(5-12)7-2-4-17-6-7/h1-4,6,8H,(H,13,16). The third-order valence-electron chi connectivity index (χ3n) is 2.04. The van der Waals surface area contributed by atoms with Crippen LogP contribution in [0, 0.1) is 11.3 Å². The fourth-order valence-corrected chi connectivity index (χ4v) is 2.06. The molecule has 86 valence electrons. The molecule has 1 atom stereocenters. The van der Waals surface area contributed by atoms with E-state index in [1.165, 1.54) is 23.6 Å². The number of aromatic nitrogens is 2. The minimum Gasteiger partial charge on any atom is -0.316 e. The largest absolute Gasteiger partial charge is 0.343 e. The molecule has 0 aliphatic carbocycles. The van der Waals surface area contributed by atoms with Gasteiger partial charge < -0.3 is 5.32 Å². The summed E-state index contributed by atoms with van der Waals surface area (Å²) in [6.07, 6.45) is 1.43. The zero-order valence-corrected chi connectivity index (χ0v) is 10.1.